The van der Waals surface area contributed by atoms with E-state index in [9.17, 15) is 9.59 Å². The van der Waals surface area contributed by atoms with Crippen molar-refractivity contribution in [3.8, 4) is 0 Å². The fourth-order valence-corrected chi connectivity index (χ4v) is 3.81. The van der Waals surface area contributed by atoms with E-state index in [1.807, 2.05) is 30.5 Å². The molecule has 2 aliphatic rings. The van der Waals surface area contributed by atoms with Crippen LogP contribution in [0.3, 0.4) is 0 Å². The molecule has 2 unspecified atom stereocenters. The van der Waals surface area contributed by atoms with Gasteiger partial charge in [0.25, 0.3) is 0 Å². The topological polar surface area (TPSA) is 76.5 Å². The molecule has 4 rings (SSSR count). The number of carbonyl (C=O) groups is 2. The Morgan fingerprint density at radius 3 is 2.86 bits per heavy atom. The Labute approximate surface area is 164 Å². The summed E-state index contributed by atoms with van der Waals surface area (Å²) in [5.41, 5.74) is 2.73. The summed E-state index contributed by atoms with van der Waals surface area (Å²) in [4.78, 5) is 26.7. The van der Waals surface area contributed by atoms with Gasteiger partial charge in [0.1, 0.15) is 0 Å². The van der Waals surface area contributed by atoms with Gasteiger partial charge in [-0.05, 0) is 37.0 Å². The lowest BCUT2D eigenvalue weighted by Gasteiger charge is -2.17. The van der Waals surface area contributed by atoms with Gasteiger partial charge < -0.3 is 15.0 Å². The Balaban J connectivity index is 1.34. The number of nitrogens with one attached hydrogen (secondary N) is 1. The molecule has 0 bridgehead atoms. The molecule has 1 aromatic carbocycles. The molecule has 3 heterocycles. The summed E-state index contributed by atoms with van der Waals surface area (Å²) in [6.07, 6.45) is 6.97. The van der Waals surface area contributed by atoms with Crippen LogP contribution in [-0.2, 0) is 27.3 Å². The van der Waals surface area contributed by atoms with Crippen LogP contribution in [-0.4, -0.2) is 40.9 Å². The van der Waals surface area contributed by atoms with Gasteiger partial charge >= 0.3 is 0 Å². The summed E-state index contributed by atoms with van der Waals surface area (Å²) in [5, 5.41) is 7.20. The van der Waals surface area contributed by atoms with Crippen molar-refractivity contribution in [3.63, 3.8) is 0 Å². The SMILES string of the molecule is CCc1ccc(N2CC(C(=O)Nc3cnn(CC4CCCO4)c3)CC2=O)cc1. The minimum atomic E-state index is -0.361. The van der Waals surface area contributed by atoms with Crippen LogP contribution in [0, 0.1) is 5.92 Å². The maximum atomic E-state index is 12.6. The van der Waals surface area contributed by atoms with Crippen molar-refractivity contribution in [3.05, 3.63) is 42.2 Å². The zero-order valence-corrected chi connectivity index (χ0v) is 16.1. The second-order valence-corrected chi connectivity index (χ2v) is 7.50. The van der Waals surface area contributed by atoms with Gasteiger partial charge in [0, 0.05) is 31.5 Å². The molecule has 0 aliphatic carbocycles. The van der Waals surface area contributed by atoms with Gasteiger partial charge in [-0.3, -0.25) is 14.3 Å². The molecule has 0 saturated carbocycles. The third-order valence-corrected chi connectivity index (χ3v) is 5.47. The van der Waals surface area contributed by atoms with Gasteiger partial charge in [-0.15, -0.1) is 0 Å². The van der Waals surface area contributed by atoms with Crippen molar-refractivity contribution >= 4 is 23.2 Å². The Morgan fingerprint density at radius 2 is 2.14 bits per heavy atom. The smallest absolute Gasteiger partial charge is 0.229 e. The van der Waals surface area contributed by atoms with Crippen molar-refractivity contribution in [2.24, 2.45) is 5.92 Å². The van der Waals surface area contributed by atoms with Gasteiger partial charge in [0.05, 0.1) is 30.5 Å². The van der Waals surface area contributed by atoms with Crippen LogP contribution in [0.5, 0.6) is 0 Å². The number of nitrogens with zero attached hydrogens (tertiary/aromatic N) is 3. The zero-order valence-electron chi connectivity index (χ0n) is 16.1. The van der Waals surface area contributed by atoms with Crippen molar-refractivity contribution < 1.29 is 14.3 Å². The Bertz CT molecular complexity index is 840. The van der Waals surface area contributed by atoms with Crippen LogP contribution in [0.4, 0.5) is 11.4 Å². The molecule has 7 nitrogen and oxygen atoms in total. The lowest BCUT2D eigenvalue weighted by molar-refractivity contribution is -0.122. The molecule has 7 heteroatoms. The molecule has 2 fully saturated rings. The summed E-state index contributed by atoms with van der Waals surface area (Å²) in [7, 11) is 0. The molecular weight excluding hydrogens is 356 g/mol. The monoisotopic (exact) mass is 382 g/mol. The van der Waals surface area contributed by atoms with Crippen LogP contribution in [0.15, 0.2) is 36.7 Å². The number of anilines is 2. The van der Waals surface area contributed by atoms with E-state index < -0.39 is 0 Å². The summed E-state index contributed by atoms with van der Waals surface area (Å²) >= 11 is 0. The number of aromatic nitrogens is 2. The average Bonchev–Trinajstić information content (AvgIpc) is 3.44. The third kappa shape index (κ3) is 4.09. The Hall–Kier alpha value is -2.67. The van der Waals surface area contributed by atoms with E-state index >= 15 is 0 Å². The fourth-order valence-electron chi connectivity index (χ4n) is 3.81. The normalized spacial score (nSPS) is 22.0. The van der Waals surface area contributed by atoms with E-state index in [2.05, 4.69) is 17.3 Å². The van der Waals surface area contributed by atoms with Gasteiger partial charge in [-0.2, -0.15) is 5.10 Å². The third-order valence-electron chi connectivity index (χ3n) is 5.47. The maximum absolute atomic E-state index is 12.6. The largest absolute Gasteiger partial charge is 0.376 e. The first-order valence-corrected chi connectivity index (χ1v) is 9.96. The number of carbonyl (C=O) groups excluding carboxylic acids is 2. The Kier molecular flexibility index (Phi) is 5.43. The van der Waals surface area contributed by atoms with Crippen LogP contribution < -0.4 is 10.2 Å². The molecule has 2 atom stereocenters. The van der Waals surface area contributed by atoms with Crippen molar-refractivity contribution in [1.29, 1.82) is 0 Å². The first-order chi connectivity index (χ1) is 13.6. The highest BCUT2D eigenvalue weighted by molar-refractivity contribution is 6.03. The number of hydrogen-bond acceptors (Lipinski definition) is 4. The first-order valence-electron chi connectivity index (χ1n) is 9.96. The lowest BCUT2D eigenvalue weighted by Crippen LogP contribution is -2.28. The van der Waals surface area contributed by atoms with E-state index in [4.69, 9.17) is 4.74 Å². The number of rotatable bonds is 6. The van der Waals surface area contributed by atoms with Crippen LogP contribution in [0.1, 0.15) is 31.7 Å². The molecule has 2 saturated heterocycles. The minimum Gasteiger partial charge on any atom is -0.376 e. The summed E-state index contributed by atoms with van der Waals surface area (Å²) in [5.74, 6) is -0.518. The molecule has 0 radical (unpaired) electrons. The maximum Gasteiger partial charge on any atom is 0.229 e. The highest BCUT2D eigenvalue weighted by Crippen LogP contribution is 2.26. The number of aryl methyl sites for hydroxylation is 1. The second kappa shape index (κ2) is 8.14. The molecule has 1 N–H and O–H groups in total. The zero-order chi connectivity index (χ0) is 19.5. The molecule has 2 amide bonds. The molecule has 1 aromatic heterocycles. The molecule has 2 aromatic rings. The van der Waals surface area contributed by atoms with E-state index in [1.54, 1.807) is 15.8 Å². The predicted molar refractivity (Wildman–Crippen MR) is 106 cm³/mol. The van der Waals surface area contributed by atoms with Crippen LogP contribution in [0.2, 0.25) is 0 Å². The molecule has 28 heavy (non-hydrogen) atoms. The summed E-state index contributed by atoms with van der Waals surface area (Å²) < 4.78 is 7.42. The van der Waals surface area contributed by atoms with E-state index in [1.165, 1.54) is 5.56 Å². The van der Waals surface area contributed by atoms with Crippen molar-refractivity contribution in [2.45, 2.75) is 45.3 Å². The molecule has 2 aliphatic heterocycles. The molecule has 0 spiro atoms. The highest BCUT2D eigenvalue weighted by Gasteiger charge is 2.35. The number of hydrogen-bond donors (Lipinski definition) is 1. The van der Waals surface area contributed by atoms with Gasteiger partial charge in [-0.1, -0.05) is 19.1 Å². The average molecular weight is 382 g/mol. The standard InChI is InChI=1S/C21H26N4O3/c1-2-15-5-7-18(8-6-15)25-12-16(10-20(25)26)21(27)23-17-11-22-24(13-17)14-19-4-3-9-28-19/h5-8,11,13,16,19H,2-4,9-10,12,14H2,1H3,(H,23,27). The van der Waals surface area contributed by atoms with Crippen LogP contribution >= 0.6 is 0 Å². The number of amides is 2. The summed E-state index contributed by atoms with van der Waals surface area (Å²) in [6, 6.07) is 7.95. The van der Waals surface area contributed by atoms with Gasteiger partial charge in [0.15, 0.2) is 0 Å². The van der Waals surface area contributed by atoms with Crippen molar-refractivity contribution in [2.75, 3.05) is 23.4 Å². The van der Waals surface area contributed by atoms with Gasteiger partial charge in [0.2, 0.25) is 11.8 Å². The lowest BCUT2D eigenvalue weighted by atomic mass is 10.1. The molecule has 148 valence electrons. The summed E-state index contributed by atoms with van der Waals surface area (Å²) in [6.45, 7) is 4.00. The van der Waals surface area contributed by atoms with Crippen molar-refractivity contribution in [1.82, 2.24) is 9.78 Å². The highest BCUT2D eigenvalue weighted by atomic mass is 16.5. The second-order valence-electron chi connectivity index (χ2n) is 7.50. The number of benzene rings is 1. The van der Waals surface area contributed by atoms with E-state index in [0.717, 1.165) is 31.6 Å². The van der Waals surface area contributed by atoms with E-state index in [-0.39, 0.29) is 30.3 Å². The minimum absolute atomic E-state index is 0.0153. The Morgan fingerprint density at radius 1 is 1.32 bits per heavy atom. The predicted octanol–water partition coefficient (Wildman–Crippen LogP) is 2.62. The van der Waals surface area contributed by atoms with Crippen LogP contribution in [0.25, 0.3) is 0 Å². The first kappa shape index (κ1) is 18.7. The number of ether oxygens (including phenoxy) is 1. The molecular formula is C21H26N4O3. The fraction of sp³-hybridized carbons (Fsp3) is 0.476. The van der Waals surface area contributed by atoms with Gasteiger partial charge in [-0.25, -0.2) is 0 Å². The quantitative estimate of drug-likeness (QED) is 0.833. The van der Waals surface area contributed by atoms with E-state index in [0.29, 0.717) is 18.8 Å².